The van der Waals surface area contributed by atoms with Crippen molar-refractivity contribution in [2.75, 3.05) is 36.8 Å². The number of amides is 3. The highest BCUT2D eigenvalue weighted by atomic mass is 35.5. The molecule has 9 nitrogen and oxygen atoms in total. The monoisotopic (exact) mass is 473 g/mol. The van der Waals surface area contributed by atoms with Gasteiger partial charge < -0.3 is 26.0 Å². The predicted molar refractivity (Wildman–Crippen MR) is 111 cm³/mol. The number of nitrogens with zero attached hydrogens (tertiary/aromatic N) is 2. The highest BCUT2D eigenvalue weighted by Gasteiger charge is 2.38. The van der Waals surface area contributed by atoms with Crippen LogP contribution >= 0.6 is 11.6 Å². The normalized spacial score (nSPS) is 13.4. The Kier molecular flexibility index (Phi) is 8.79. The van der Waals surface area contributed by atoms with E-state index in [0.717, 1.165) is 13.1 Å². The van der Waals surface area contributed by atoms with Gasteiger partial charge in [-0.3, -0.25) is 4.79 Å². The zero-order valence-electron chi connectivity index (χ0n) is 16.4. The molecule has 0 bridgehead atoms. The Morgan fingerprint density at radius 2 is 1.69 bits per heavy atom. The van der Waals surface area contributed by atoms with Gasteiger partial charge in [0.2, 0.25) is 0 Å². The summed E-state index contributed by atoms with van der Waals surface area (Å²) in [4.78, 5) is 39.5. The van der Waals surface area contributed by atoms with E-state index in [9.17, 15) is 22.8 Å². The third-order valence-corrected chi connectivity index (χ3v) is 4.25. The number of alkyl halides is 3. The summed E-state index contributed by atoms with van der Waals surface area (Å²) in [6, 6.07) is 9.90. The Bertz CT molecular complexity index is 951. The molecule has 0 aliphatic carbocycles. The molecule has 172 valence electrons. The second kappa shape index (κ2) is 11.3. The number of anilines is 2. The SMILES string of the molecule is O=C(Nc1ccc(Cl)cn1)c1ccccc1NC(=O)N1CCNCC1.O=C(O)C(F)(F)F. The maximum atomic E-state index is 12.5. The molecule has 1 aromatic carbocycles. The summed E-state index contributed by atoms with van der Waals surface area (Å²) in [6.07, 6.45) is -3.63. The van der Waals surface area contributed by atoms with E-state index in [1.165, 1.54) is 6.20 Å². The van der Waals surface area contributed by atoms with Gasteiger partial charge in [-0.15, -0.1) is 0 Å². The van der Waals surface area contributed by atoms with Crippen LogP contribution in [-0.4, -0.2) is 65.3 Å². The van der Waals surface area contributed by atoms with Crippen LogP contribution < -0.4 is 16.0 Å². The van der Waals surface area contributed by atoms with Gasteiger partial charge in [0.15, 0.2) is 0 Å². The number of rotatable bonds is 3. The number of carboxylic acid groups (broad SMARTS) is 1. The first-order valence-electron chi connectivity index (χ1n) is 9.16. The molecule has 0 radical (unpaired) electrons. The molecule has 1 aromatic heterocycles. The minimum Gasteiger partial charge on any atom is -0.475 e. The summed E-state index contributed by atoms with van der Waals surface area (Å²) >= 11 is 5.79. The quantitative estimate of drug-likeness (QED) is 0.543. The van der Waals surface area contributed by atoms with Crippen molar-refractivity contribution in [1.82, 2.24) is 15.2 Å². The first-order valence-corrected chi connectivity index (χ1v) is 9.54. The molecule has 3 amide bonds. The number of benzene rings is 1. The van der Waals surface area contributed by atoms with E-state index in [4.69, 9.17) is 21.5 Å². The average molecular weight is 474 g/mol. The van der Waals surface area contributed by atoms with Crippen LogP contribution in [0.1, 0.15) is 10.4 Å². The predicted octanol–water partition coefficient (Wildman–Crippen LogP) is 3.06. The van der Waals surface area contributed by atoms with E-state index in [0.29, 0.717) is 35.2 Å². The molecule has 1 saturated heterocycles. The minimum absolute atomic E-state index is 0.216. The summed E-state index contributed by atoms with van der Waals surface area (Å²) < 4.78 is 31.7. The van der Waals surface area contributed by atoms with Gasteiger partial charge in [-0.05, 0) is 24.3 Å². The van der Waals surface area contributed by atoms with Crippen LogP contribution in [0.15, 0.2) is 42.6 Å². The van der Waals surface area contributed by atoms with E-state index in [-0.39, 0.29) is 11.9 Å². The number of hydrogen-bond donors (Lipinski definition) is 4. The van der Waals surface area contributed by atoms with Crippen LogP contribution in [-0.2, 0) is 4.79 Å². The van der Waals surface area contributed by atoms with Crippen LogP contribution in [0.3, 0.4) is 0 Å². The number of halogens is 4. The molecule has 2 heterocycles. The topological polar surface area (TPSA) is 124 Å². The molecule has 0 spiro atoms. The van der Waals surface area contributed by atoms with Crippen molar-refractivity contribution < 1.29 is 32.7 Å². The highest BCUT2D eigenvalue weighted by molar-refractivity contribution is 6.30. The lowest BCUT2D eigenvalue weighted by molar-refractivity contribution is -0.192. The fourth-order valence-corrected chi connectivity index (χ4v) is 2.60. The number of carbonyl (C=O) groups excluding carboxylic acids is 2. The number of piperazine rings is 1. The number of hydrogen-bond acceptors (Lipinski definition) is 5. The zero-order chi connectivity index (χ0) is 23.7. The lowest BCUT2D eigenvalue weighted by Crippen LogP contribution is -2.48. The van der Waals surface area contributed by atoms with Gasteiger partial charge in [0.05, 0.1) is 16.3 Å². The average Bonchev–Trinajstić information content (AvgIpc) is 2.76. The fourth-order valence-electron chi connectivity index (χ4n) is 2.49. The van der Waals surface area contributed by atoms with Gasteiger partial charge >= 0.3 is 18.2 Å². The molecular weight excluding hydrogens is 455 g/mol. The van der Waals surface area contributed by atoms with Gasteiger partial charge in [-0.2, -0.15) is 13.2 Å². The number of aliphatic carboxylic acids is 1. The van der Waals surface area contributed by atoms with Crippen molar-refractivity contribution in [2.45, 2.75) is 6.18 Å². The van der Waals surface area contributed by atoms with Gasteiger partial charge in [-0.1, -0.05) is 23.7 Å². The van der Waals surface area contributed by atoms with Crippen LogP contribution in [0.5, 0.6) is 0 Å². The molecule has 1 fully saturated rings. The second-order valence-electron chi connectivity index (χ2n) is 6.33. The summed E-state index contributed by atoms with van der Waals surface area (Å²) in [6.45, 7) is 2.79. The molecule has 4 N–H and O–H groups in total. The molecule has 32 heavy (non-hydrogen) atoms. The third kappa shape index (κ3) is 7.71. The maximum absolute atomic E-state index is 12.5. The summed E-state index contributed by atoms with van der Waals surface area (Å²) in [7, 11) is 0. The number of nitrogens with one attached hydrogen (secondary N) is 3. The molecule has 0 saturated carbocycles. The lowest BCUT2D eigenvalue weighted by Gasteiger charge is -2.27. The van der Waals surface area contributed by atoms with Crippen LogP contribution in [0.2, 0.25) is 5.02 Å². The number of para-hydroxylation sites is 1. The Labute approximate surface area is 185 Å². The number of carboxylic acids is 1. The van der Waals surface area contributed by atoms with Gasteiger partial charge in [0, 0.05) is 32.4 Å². The van der Waals surface area contributed by atoms with E-state index < -0.39 is 12.1 Å². The van der Waals surface area contributed by atoms with Crippen molar-refractivity contribution in [3.63, 3.8) is 0 Å². The van der Waals surface area contributed by atoms with Crippen molar-refractivity contribution in [1.29, 1.82) is 0 Å². The molecule has 1 aliphatic rings. The molecule has 3 rings (SSSR count). The highest BCUT2D eigenvalue weighted by Crippen LogP contribution is 2.18. The van der Waals surface area contributed by atoms with Crippen LogP contribution in [0, 0.1) is 0 Å². The standard InChI is InChI=1S/C17H18ClN5O2.C2HF3O2/c18-12-5-6-15(20-11-12)22-16(24)13-3-1-2-4-14(13)21-17(25)23-9-7-19-8-10-23;3-2(4,5)1(6)7/h1-6,11,19H,7-10H2,(H,21,25)(H,20,22,24);(H,6,7). The van der Waals surface area contributed by atoms with Gasteiger partial charge in [-0.25, -0.2) is 14.6 Å². The zero-order valence-corrected chi connectivity index (χ0v) is 17.2. The number of carbonyl (C=O) groups is 3. The fraction of sp³-hybridized carbons (Fsp3) is 0.263. The second-order valence-corrected chi connectivity index (χ2v) is 6.77. The van der Waals surface area contributed by atoms with E-state index in [2.05, 4.69) is 20.9 Å². The molecule has 0 unspecified atom stereocenters. The summed E-state index contributed by atoms with van der Waals surface area (Å²) in [5.74, 6) is -2.73. The number of urea groups is 1. The molecule has 1 aliphatic heterocycles. The van der Waals surface area contributed by atoms with Gasteiger partial charge in [0.1, 0.15) is 5.82 Å². The minimum atomic E-state index is -5.08. The van der Waals surface area contributed by atoms with E-state index in [1.54, 1.807) is 41.3 Å². The summed E-state index contributed by atoms with van der Waals surface area (Å²) in [5.41, 5.74) is 0.820. The Balaban J connectivity index is 0.000000451. The van der Waals surface area contributed by atoms with Crippen molar-refractivity contribution >= 4 is 41.0 Å². The first-order chi connectivity index (χ1) is 15.1. The van der Waals surface area contributed by atoms with Crippen LogP contribution in [0.25, 0.3) is 0 Å². The largest absolute Gasteiger partial charge is 0.490 e. The molecular formula is C19H19ClF3N5O4. The number of pyridine rings is 1. The summed E-state index contributed by atoms with van der Waals surface area (Å²) in [5, 5.41) is 16.3. The van der Waals surface area contributed by atoms with Crippen LogP contribution in [0.4, 0.5) is 29.5 Å². The Morgan fingerprint density at radius 3 is 2.25 bits per heavy atom. The van der Waals surface area contributed by atoms with Crippen molar-refractivity contribution in [3.05, 3.63) is 53.2 Å². The lowest BCUT2D eigenvalue weighted by atomic mass is 10.1. The van der Waals surface area contributed by atoms with E-state index >= 15 is 0 Å². The van der Waals surface area contributed by atoms with Crippen molar-refractivity contribution in [2.24, 2.45) is 0 Å². The smallest absolute Gasteiger partial charge is 0.475 e. The van der Waals surface area contributed by atoms with E-state index in [1.807, 2.05) is 0 Å². The van der Waals surface area contributed by atoms with Crippen molar-refractivity contribution in [3.8, 4) is 0 Å². The number of aromatic nitrogens is 1. The third-order valence-electron chi connectivity index (χ3n) is 4.03. The first kappa shape index (κ1) is 24.9. The molecule has 2 aromatic rings. The molecule has 13 heteroatoms. The molecule has 0 atom stereocenters. The van der Waals surface area contributed by atoms with Gasteiger partial charge in [0.25, 0.3) is 5.91 Å². The maximum Gasteiger partial charge on any atom is 0.490 e. The Hall–Kier alpha value is -3.38. The Morgan fingerprint density at radius 1 is 1.06 bits per heavy atom.